The second kappa shape index (κ2) is 8.19. The van der Waals surface area contributed by atoms with Crippen LogP contribution in [0.1, 0.15) is 35.2 Å². The lowest BCUT2D eigenvalue weighted by Crippen LogP contribution is -2.21. The maximum absolute atomic E-state index is 12.7. The SMILES string of the molecule is CCC(C(=O)Nc1cc(C(=O)O)cc(OC)c1OC)c1ccccc1. The molecule has 2 N–H and O–H groups in total. The van der Waals surface area contributed by atoms with Crippen molar-refractivity contribution in [3.63, 3.8) is 0 Å². The molecule has 2 rings (SSSR count). The molecule has 6 nitrogen and oxygen atoms in total. The molecule has 0 aliphatic rings. The van der Waals surface area contributed by atoms with Gasteiger partial charge in [-0.2, -0.15) is 0 Å². The molecule has 2 aromatic rings. The highest BCUT2D eigenvalue weighted by molar-refractivity contribution is 5.99. The Balaban J connectivity index is 2.39. The van der Waals surface area contributed by atoms with E-state index in [1.165, 1.54) is 26.4 Å². The van der Waals surface area contributed by atoms with E-state index in [0.29, 0.717) is 6.42 Å². The zero-order chi connectivity index (χ0) is 18.4. The predicted molar refractivity (Wildman–Crippen MR) is 94.6 cm³/mol. The van der Waals surface area contributed by atoms with E-state index in [1.54, 1.807) is 0 Å². The maximum Gasteiger partial charge on any atom is 0.335 e. The van der Waals surface area contributed by atoms with Gasteiger partial charge in [-0.1, -0.05) is 37.3 Å². The maximum atomic E-state index is 12.7. The zero-order valence-corrected chi connectivity index (χ0v) is 14.4. The molecule has 0 bridgehead atoms. The van der Waals surface area contributed by atoms with Gasteiger partial charge in [-0.15, -0.1) is 0 Å². The van der Waals surface area contributed by atoms with Gasteiger partial charge in [0.2, 0.25) is 5.91 Å². The molecule has 0 aliphatic heterocycles. The summed E-state index contributed by atoms with van der Waals surface area (Å²) in [6, 6.07) is 12.1. The third-order valence-corrected chi connectivity index (χ3v) is 3.91. The van der Waals surface area contributed by atoms with Gasteiger partial charge in [0.05, 0.1) is 31.4 Å². The highest BCUT2D eigenvalue weighted by atomic mass is 16.5. The molecular weight excluding hydrogens is 322 g/mol. The number of carbonyl (C=O) groups excluding carboxylic acids is 1. The van der Waals surface area contributed by atoms with Crippen LogP contribution in [0.3, 0.4) is 0 Å². The van der Waals surface area contributed by atoms with E-state index < -0.39 is 5.97 Å². The summed E-state index contributed by atoms with van der Waals surface area (Å²) in [5.41, 5.74) is 1.15. The van der Waals surface area contributed by atoms with E-state index in [1.807, 2.05) is 37.3 Å². The number of carboxylic acids is 1. The molecule has 1 amide bonds. The molecular formula is C19H21NO5. The number of hydrogen-bond donors (Lipinski definition) is 2. The highest BCUT2D eigenvalue weighted by Crippen LogP contribution is 2.37. The Hall–Kier alpha value is -3.02. The molecule has 0 aromatic heterocycles. The van der Waals surface area contributed by atoms with Crippen molar-refractivity contribution in [2.24, 2.45) is 0 Å². The molecule has 1 unspecified atom stereocenters. The number of hydrogen-bond acceptors (Lipinski definition) is 4. The van der Waals surface area contributed by atoms with Gasteiger partial charge in [-0.3, -0.25) is 4.79 Å². The molecule has 25 heavy (non-hydrogen) atoms. The van der Waals surface area contributed by atoms with Crippen molar-refractivity contribution in [1.82, 2.24) is 0 Å². The molecule has 0 saturated heterocycles. The van der Waals surface area contributed by atoms with E-state index in [-0.39, 0.29) is 34.6 Å². The van der Waals surface area contributed by atoms with Crippen LogP contribution in [0.2, 0.25) is 0 Å². The number of ether oxygens (including phenoxy) is 2. The predicted octanol–water partition coefficient (Wildman–Crippen LogP) is 3.53. The fraction of sp³-hybridized carbons (Fsp3) is 0.263. The van der Waals surface area contributed by atoms with Crippen LogP contribution in [0, 0.1) is 0 Å². The summed E-state index contributed by atoms with van der Waals surface area (Å²) in [6.45, 7) is 1.92. The smallest absolute Gasteiger partial charge is 0.335 e. The number of anilines is 1. The van der Waals surface area contributed by atoms with Crippen LogP contribution in [0.15, 0.2) is 42.5 Å². The Morgan fingerprint density at radius 1 is 1.12 bits per heavy atom. The number of amides is 1. The second-order valence-corrected chi connectivity index (χ2v) is 5.43. The third-order valence-electron chi connectivity index (χ3n) is 3.91. The largest absolute Gasteiger partial charge is 0.493 e. The standard InChI is InChI=1S/C19H21NO5/c1-4-14(12-8-6-5-7-9-12)18(21)20-15-10-13(19(22)23)11-16(24-2)17(15)25-3/h5-11,14H,4H2,1-3H3,(H,20,21)(H,22,23). The molecule has 0 aliphatic carbocycles. The van der Waals surface area contributed by atoms with Crippen LogP contribution < -0.4 is 14.8 Å². The molecule has 0 heterocycles. The second-order valence-electron chi connectivity index (χ2n) is 5.43. The number of methoxy groups -OCH3 is 2. The Morgan fingerprint density at radius 3 is 2.32 bits per heavy atom. The summed E-state index contributed by atoms with van der Waals surface area (Å²) in [5, 5.41) is 12.0. The minimum Gasteiger partial charge on any atom is -0.493 e. The van der Waals surface area contributed by atoms with Crippen molar-refractivity contribution in [2.45, 2.75) is 19.3 Å². The normalized spacial score (nSPS) is 11.5. The molecule has 0 spiro atoms. The van der Waals surface area contributed by atoms with Crippen molar-refractivity contribution in [3.8, 4) is 11.5 Å². The van der Waals surface area contributed by atoms with Gasteiger partial charge in [0.15, 0.2) is 11.5 Å². The average Bonchev–Trinajstić information content (AvgIpc) is 2.62. The summed E-state index contributed by atoms with van der Waals surface area (Å²) in [5.74, 6) is -1.19. The van der Waals surface area contributed by atoms with Crippen LogP contribution in [0.5, 0.6) is 11.5 Å². The first-order valence-corrected chi connectivity index (χ1v) is 7.86. The van der Waals surface area contributed by atoms with Crippen molar-refractivity contribution in [1.29, 1.82) is 0 Å². The molecule has 0 saturated carbocycles. The van der Waals surface area contributed by atoms with Crippen molar-refractivity contribution in [2.75, 3.05) is 19.5 Å². The van der Waals surface area contributed by atoms with Crippen molar-refractivity contribution >= 4 is 17.6 Å². The third kappa shape index (κ3) is 4.09. The van der Waals surface area contributed by atoms with Gasteiger partial charge in [-0.05, 0) is 24.1 Å². The lowest BCUT2D eigenvalue weighted by atomic mass is 9.95. The summed E-state index contributed by atoms with van der Waals surface area (Å²) in [4.78, 5) is 24.0. The van der Waals surface area contributed by atoms with E-state index in [2.05, 4.69) is 5.32 Å². The first kappa shape index (κ1) is 18.3. The van der Waals surface area contributed by atoms with Crippen LogP contribution in [0.25, 0.3) is 0 Å². The Morgan fingerprint density at radius 2 is 1.80 bits per heavy atom. The summed E-state index contributed by atoms with van der Waals surface area (Å²) in [6.07, 6.45) is 0.605. The zero-order valence-electron chi connectivity index (χ0n) is 14.4. The van der Waals surface area contributed by atoms with Crippen LogP contribution >= 0.6 is 0 Å². The molecule has 0 fully saturated rings. The number of carboxylic acid groups (broad SMARTS) is 1. The first-order chi connectivity index (χ1) is 12.0. The lowest BCUT2D eigenvalue weighted by molar-refractivity contribution is -0.117. The summed E-state index contributed by atoms with van der Waals surface area (Å²) >= 11 is 0. The van der Waals surface area contributed by atoms with Gasteiger partial charge >= 0.3 is 5.97 Å². The number of carbonyl (C=O) groups is 2. The van der Waals surface area contributed by atoms with Gasteiger partial charge in [-0.25, -0.2) is 4.79 Å². The number of aromatic carboxylic acids is 1. The fourth-order valence-corrected chi connectivity index (χ4v) is 2.66. The average molecular weight is 343 g/mol. The van der Waals surface area contributed by atoms with E-state index in [9.17, 15) is 14.7 Å². The monoisotopic (exact) mass is 343 g/mol. The Kier molecular flexibility index (Phi) is 6.00. The van der Waals surface area contributed by atoms with E-state index in [4.69, 9.17) is 9.47 Å². The Labute approximate surface area is 146 Å². The quantitative estimate of drug-likeness (QED) is 0.803. The molecule has 0 radical (unpaired) electrons. The fourth-order valence-electron chi connectivity index (χ4n) is 2.66. The number of nitrogens with one attached hydrogen (secondary N) is 1. The van der Waals surface area contributed by atoms with Gasteiger partial charge < -0.3 is 19.9 Å². The van der Waals surface area contributed by atoms with Gasteiger partial charge in [0, 0.05) is 0 Å². The number of rotatable bonds is 7. The molecule has 6 heteroatoms. The van der Waals surface area contributed by atoms with Crippen LogP contribution in [-0.4, -0.2) is 31.2 Å². The summed E-state index contributed by atoms with van der Waals surface area (Å²) in [7, 11) is 2.84. The van der Waals surface area contributed by atoms with E-state index in [0.717, 1.165) is 5.56 Å². The van der Waals surface area contributed by atoms with Crippen molar-refractivity contribution < 1.29 is 24.2 Å². The highest BCUT2D eigenvalue weighted by Gasteiger charge is 2.22. The molecule has 2 aromatic carbocycles. The van der Waals surface area contributed by atoms with E-state index >= 15 is 0 Å². The minimum absolute atomic E-state index is 0.000657. The minimum atomic E-state index is -1.12. The van der Waals surface area contributed by atoms with Crippen LogP contribution in [0.4, 0.5) is 5.69 Å². The van der Waals surface area contributed by atoms with Gasteiger partial charge in [0.25, 0.3) is 0 Å². The summed E-state index contributed by atoms with van der Waals surface area (Å²) < 4.78 is 10.5. The lowest BCUT2D eigenvalue weighted by Gasteiger charge is -2.18. The topological polar surface area (TPSA) is 84.9 Å². The van der Waals surface area contributed by atoms with Gasteiger partial charge in [0.1, 0.15) is 0 Å². The van der Waals surface area contributed by atoms with Crippen molar-refractivity contribution in [3.05, 3.63) is 53.6 Å². The molecule has 132 valence electrons. The Bertz CT molecular complexity index is 758. The van der Waals surface area contributed by atoms with Crippen LogP contribution in [-0.2, 0) is 4.79 Å². The first-order valence-electron chi connectivity index (χ1n) is 7.86. The molecule has 1 atom stereocenters. The number of benzene rings is 2.